The van der Waals surface area contributed by atoms with E-state index in [1.165, 1.54) is 0 Å². The molecule has 0 radical (unpaired) electrons. The summed E-state index contributed by atoms with van der Waals surface area (Å²) >= 11 is 3.24. The molecule has 0 saturated heterocycles. The van der Waals surface area contributed by atoms with Crippen molar-refractivity contribution in [2.75, 3.05) is 13.2 Å². The zero-order valence-corrected chi connectivity index (χ0v) is 15.5. The largest absolute Gasteiger partial charge is 0.462 e. The third kappa shape index (κ3) is 3.51. The second-order valence-electron chi connectivity index (χ2n) is 4.95. The average molecular weight is 396 g/mol. The standard InChI is InChI=1S/C17H18BrNO5/c1-5-22-16(20)13-9(3)19-10(4)14(17(21)23-6-2)15(13)11-7-8-12(18)24-11/h7-8H,5-6H2,1-4H3. The molecule has 2 rings (SSSR count). The summed E-state index contributed by atoms with van der Waals surface area (Å²) in [5.41, 5.74) is 1.66. The van der Waals surface area contributed by atoms with Gasteiger partial charge in [-0.3, -0.25) is 4.98 Å². The molecule has 0 atom stereocenters. The molecule has 2 aromatic heterocycles. The number of carbonyl (C=O) groups excluding carboxylic acids is 2. The van der Waals surface area contributed by atoms with E-state index in [0.29, 0.717) is 27.4 Å². The zero-order chi connectivity index (χ0) is 17.9. The summed E-state index contributed by atoms with van der Waals surface area (Å²) in [4.78, 5) is 29.2. The number of nitrogens with zero attached hydrogens (tertiary/aromatic N) is 1. The molecule has 128 valence electrons. The van der Waals surface area contributed by atoms with Gasteiger partial charge in [0, 0.05) is 5.56 Å². The quantitative estimate of drug-likeness (QED) is 0.709. The number of ether oxygens (including phenoxy) is 2. The fraction of sp³-hybridized carbons (Fsp3) is 0.353. The molecule has 6 nitrogen and oxygen atoms in total. The maximum atomic E-state index is 12.4. The van der Waals surface area contributed by atoms with Gasteiger partial charge in [0.25, 0.3) is 0 Å². The second-order valence-corrected chi connectivity index (χ2v) is 5.73. The van der Waals surface area contributed by atoms with Gasteiger partial charge < -0.3 is 13.9 Å². The first-order chi connectivity index (χ1) is 11.4. The summed E-state index contributed by atoms with van der Waals surface area (Å²) in [6.45, 7) is 7.23. The topological polar surface area (TPSA) is 78.6 Å². The Balaban J connectivity index is 2.81. The lowest BCUT2D eigenvalue weighted by atomic mass is 9.96. The molecule has 2 aromatic rings. The molecule has 0 aliphatic rings. The number of pyridine rings is 1. The Bertz CT molecular complexity index is 739. The number of furan rings is 1. The SMILES string of the molecule is CCOC(=O)c1c(C)nc(C)c(C(=O)OCC)c1-c1ccc(Br)o1. The molecule has 0 aliphatic carbocycles. The van der Waals surface area contributed by atoms with Gasteiger partial charge in [-0.25, -0.2) is 9.59 Å². The summed E-state index contributed by atoms with van der Waals surface area (Å²) in [6, 6.07) is 3.36. The lowest BCUT2D eigenvalue weighted by molar-refractivity contribution is 0.0524. The van der Waals surface area contributed by atoms with Crippen LogP contribution in [0.1, 0.15) is 46.0 Å². The predicted octanol–water partition coefficient (Wildman–Crippen LogP) is 4.07. The van der Waals surface area contributed by atoms with Crippen LogP contribution >= 0.6 is 15.9 Å². The van der Waals surface area contributed by atoms with E-state index in [0.717, 1.165) is 0 Å². The van der Waals surface area contributed by atoms with E-state index in [9.17, 15) is 9.59 Å². The predicted molar refractivity (Wildman–Crippen MR) is 91.0 cm³/mol. The van der Waals surface area contributed by atoms with Gasteiger partial charge >= 0.3 is 11.9 Å². The first-order valence-electron chi connectivity index (χ1n) is 7.51. The van der Waals surface area contributed by atoms with E-state index in [1.807, 2.05) is 0 Å². The Morgan fingerprint density at radius 3 is 1.92 bits per heavy atom. The van der Waals surface area contributed by atoms with Crippen molar-refractivity contribution in [2.45, 2.75) is 27.7 Å². The zero-order valence-electron chi connectivity index (χ0n) is 13.9. The molecular weight excluding hydrogens is 378 g/mol. The molecule has 2 heterocycles. The van der Waals surface area contributed by atoms with E-state index < -0.39 is 11.9 Å². The summed E-state index contributed by atoms with van der Waals surface area (Å²) in [7, 11) is 0. The lowest BCUT2D eigenvalue weighted by Gasteiger charge is -2.16. The Hall–Kier alpha value is -2.15. The van der Waals surface area contributed by atoms with Crippen molar-refractivity contribution < 1.29 is 23.5 Å². The average Bonchev–Trinajstić information content (AvgIpc) is 2.93. The Morgan fingerprint density at radius 1 is 1.04 bits per heavy atom. The number of esters is 2. The van der Waals surface area contributed by atoms with Gasteiger partial charge in [0.05, 0.1) is 35.7 Å². The minimum atomic E-state index is -0.560. The number of aromatic nitrogens is 1. The number of hydrogen-bond donors (Lipinski definition) is 0. The highest BCUT2D eigenvalue weighted by atomic mass is 79.9. The highest BCUT2D eigenvalue weighted by Crippen LogP contribution is 2.34. The minimum absolute atomic E-state index is 0.201. The highest BCUT2D eigenvalue weighted by Gasteiger charge is 2.29. The smallest absolute Gasteiger partial charge is 0.340 e. The van der Waals surface area contributed by atoms with Crippen molar-refractivity contribution in [2.24, 2.45) is 0 Å². The Kier molecular flexibility index (Phi) is 5.77. The van der Waals surface area contributed by atoms with E-state index in [1.54, 1.807) is 39.8 Å². The number of carbonyl (C=O) groups is 2. The van der Waals surface area contributed by atoms with E-state index >= 15 is 0 Å². The first-order valence-corrected chi connectivity index (χ1v) is 8.31. The Labute approximate surface area is 148 Å². The minimum Gasteiger partial charge on any atom is -0.462 e. The number of hydrogen-bond acceptors (Lipinski definition) is 6. The van der Waals surface area contributed by atoms with Gasteiger partial charge in [-0.15, -0.1) is 0 Å². The Morgan fingerprint density at radius 2 is 1.54 bits per heavy atom. The van der Waals surface area contributed by atoms with Crippen molar-refractivity contribution in [1.29, 1.82) is 0 Å². The summed E-state index contributed by atoms with van der Waals surface area (Å²) in [5.74, 6) is -0.757. The number of aryl methyl sites for hydroxylation is 2. The van der Waals surface area contributed by atoms with Gasteiger partial charge in [-0.05, 0) is 55.8 Å². The van der Waals surface area contributed by atoms with Gasteiger partial charge in [-0.1, -0.05) is 0 Å². The molecule has 0 N–H and O–H groups in total. The number of rotatable bonds is 5. The van der Waals surface area contributed by atoms with Crippen LogP contribution in [-0.4, -0.2) is 30.1 Å². The highest BCUT2D eigenvalue weighted by molar-refractivity contribution is 9.10. The van der Waals surface area contributed by atoms with Crippen molar-refractivity contribution in [3.63, 3.8) is 0 Å². The van der Waals surface area contributed by atoms with Gasteiger partial charge in [0.15, 0.2) is 4.67 Å². The third-order valence-electron chi connectivity index (χ3n) is 3.34. The summed E-state index contributed by atoms with van der Waals surface area (Å²) < 4.78 is 16.3. The normalized spacial score (nSPS) is 10.5. The van der Waals surface area contributed by atoms with Crippen LogP contribution in [0.2, 0.25) is 0 Å². The first kappa shape index (κ1) is 18.2. The van der Waals surface area contributed by atoms with Crippen LogP contribution in [0.4, 0.5) is 0 Å². The molecule has 0 spiro atoms. The molecule has 0 bridgehead atoms. The fourth-order valence-electron chi connectivity index (χ4n) is 2.45. The molecule has 0 aliphatic heterocycles. The molecule has 0 aromatic carbocycles. The molecule has 0 amide bonds. The van der Waals surface area contributed by atoms with Crippen molar-refractivity contribution in [3.8, 4) is 11.3 Å². The molecular formula is C17H18BrNO5. The molecule has 0 saturated carbocycles. The van der Waals surface area contributed by atoms with Gasteiger partial charge in [0.1, 0.15) is 5.76 Å². The second kappa shape index (κ2) is 7.61. The monoisotopic (exact) mass is 395 g/mol. The lowest BCUT2D eigenvalue weighted by Crippen LogP contribution is -2.17. The molecule has 0 fully saturated rings. The molecule has 7 heteroatoms. The van der Waals surface area contributed by atoms with E-state index in [4.69, 9.17) is 13.9 Å². The van der Waals surface area contributed by atoms with Crippen LogP contribution in [-0.2, 0) is 9.47 Å². The van der Waals surface area contributed by atoms with Crippen LogP contribution < -0.4 is 0 Å². The van der Waals surface area contributed by atoms with Gasteiger partial charge in [0.2, 0.25) is 0 Å². The number of halogens is 1. The summed E-state index contributed by atoms with van der Waals surface area (Å²) in [6.07, 6.45) is 0. The van der Waals surface area contributed by atoms with Crippen molar-refractivity contribution >= 4 is 27.9 Å². The van der Waals surface area contributed by atoms with E-state index in [-0.39, 0.29) is 24.3 Å². The molecule has 0 unspecified atom stereocenters. The fourth-order valence-corrected chi connectivity index (χ4v) is 2.76. The van der Waals surface area contributed by atoms with Gasteiger partial charge in [-0.2, -0.15) is 0 Å². The van der Waals surface area contributed by atoms with Crippen LogP contribution in [0.5, 0.6) is 0 Å². The van der Waals surface area contributed by atoms with Crippen LogP contribution in [0, 0.1) is 13.8 Å². The van der Waals surface area contributed by atoms with Crippen LogP contribution in [0.15, 0.2) is 21.2 Å². The van der Waals surface area contributed by atoms with E-state index in [2.05, 4.69) is 20.9 Å². The maximum absolute atomic E-state index is 12.4. The summed E-state index contributed by atoms with van der Waals surface area (Å²) in [5, 5.41) is 0. The van der Waals surface area contributed by atoms with Crippen LogP contribution in [0.3, 0.4) is 0 Å². The maximum Gasteiger partial charge on any atom is 0.340 e. The third-order valence-corrected chi connectivity index (χ3v) is 3.76. The van der Waals surface area contributed by atoms with Crippen LogP contribution in [0.25, 0.3) is 11.3 Å². The van der Waals surface area contributed by atoms with Crippen molar-refractivity contribution in [1.82, 2.24) is 4.98 Å². The molecule has 24 heavy (non-hydrogen) atoms. The van der Waals surface area contributed by atoms with Crippen molar-refractivity contribution in [3.05, 3.63) is 39.3 Å².